The largest absolute Gasteiger partial charge is 0.480 e. The summed E-state index contributed by atoms with van der Waals surface area (Å²) in [6, 6.07) is -1.14. The van der Waals surface area contributed by atoms with Crippen LogP contribution in [0.5, 0.6) is 0 Å². The van der Waals surface area contributed by atoms with Gasteiger partial charge in [-0.25, -0.2) is 9.59 Å². The number of likely N-dealkylation sites (tertiary alicyclic amines) is 1. The highest BCUT2D eigenvalue weighted by molar-refractivity contribution is 5.82. The van der Waals surface area contributed by atoms with Gasteiger partial charge in [0.1, 0.15) is 6.04 Å². The topological polar surface area (TPSA) is 95.7 Å². The van der Waals surface area contributed by atoms with Gasteiger partial charge in [0, 0.05) is 19.1 Å². The molecule has 1 saturated heterocycles. The Bertz CT molecular complexity index is 270. The first-order valence-corrected chi connectivity index (χ1v) is 5.58. The molecular formula is C10H19N3O3. The summed E-state index contributed by atoms with van der Waals surface area (Å²) < 4.78 is 0. The van der Waals surface area contributed by atoms with Crippen molar-refractivity contribution in [3.8, 4) is 0 Å². The van der Waals surface area contributed by atoms with Gasteiger partial charge in [0.2, 0.25) is 0 Å². The number of hydrogen-bond acceptors (Lipinski definition) is 3. The summed E-state index contributed by atoms with van der Waals surface area (Å²) in [5.74, 6) is -1.00. The van der Waals surface area contributed by atoms with Gasteiger partial charge in [-0.1, -0.05) is 6.92 Å². The minimum absolute atomic E-state index is 0.00408. The first-order valence-electron chi connectivity index (χ1n) is 5.58. The molecule has 1 unspecified atom stereocenters. The molecule has 0 aromatic rings. The molecule has 1 rings (SSSR count). The Morgan fingerprint density at radius 2 is 2.31 bits per heavy atom. The van der Waals surface area contributed by atoms with Gasteiger partial charge >= 0.3 is 12.0 Å². The van der Waals surface area contributed by atoms with Crippen LogP contribution in [0.2, 0.25) is 0 Å². The highest BCUT2D eigenvalue weighted by Gasteiger charge is 2.24. The summed E-state index contributed by atoms with van der Waals surface area (Å²) in [4.78, 5) is 24.1. The van der Waals surface area contributed by atoms with E-state index in [1.165, 1.54) is 0 Å². The number of urea groups is 1. The summed E-state index contributed by atoms with van der Waals surface area (Å²) in [6.07, 6.45) is 2.17. The highest BCUT2D eigenvalue weighted by Crippen LogP contribution is 2.08. The second kappa shape index (κ2) is 5.69. The van der Waals surface area contributed by atoms with E-state index < -0.39 is 12.0 Å². The van der Waals surface area contributed by atoms with E-state index in [0.717, 1.165) is 12.8 Å². The molecule has 1 aliphatic rings. The van der Waals surface area contributed by atoms with Gasteiger partial charge in [-0.05, 0) is 19.3 Å². The molecule has 1 aliphatic heterocycles. The Balaban J connectivity index is 2.47. The third-order valence-electron chi connectivity index (χ3n) is 2.75. The molecule has 92 valence electrons. The van der Waals surface area contributed by atoms with Crippen LogP contribution >= 0.6 is 0 Å². The number of carboxylic acids is 1. The van der Waals surface area contributed by atoms with Crippen molar-refractivity contribution in [2.45, 2.75) is 38.3 Å². The molecule has 16 heavy (non-hydrogen) atoms. The van der Waals surface area contributed by atoms with Crippen LogP contribution in [0.15, 0.2) is 0 Å². The fourth-order valence-electron chi connectivity index (χ4n) is 1.77. The van der Waals surface area contributed by atoms with Crippen LogP contribution in [-0.4, -0.2) is 47.2 Å². The molecule has 0 radical (unpaired) electrons. The summed E-state index contributed by atoms with van der Waals surface area (Å²) in [5.41, 5.74) is 5.75. The van der Waals surface area contributed by atoms with Crippen molar-refractivity contribution in [3.05, 3.63) is 0 Å². The number of nitrogens with two attached hydrogens (primary N) is 1. The number of amides is 2. The molecule has 2 amide bonds. The van der Waals surface area contributed by atoms with Gasteiger partial charge in [0.15, 0.2) is 0 Å². The molecule has 0 saturated carbocycles. The molecule has 0 bridgehead atoms. The first kappa shape index (κ1) is 12.8. The summed E-state index contributed by atoms with van der Waals surface area (Å²) in [6.45, 7) is 2.87. The lowest BCUT2D eigenvalue weighted by Crippen LogP contribution is -2.53. The molecular weight excluding hydrogens is 210 g/mol. The van der Waals surface area contributed by atoms with Gasteiger partial charge in [-0.15, -0.1) is 0 Å². The van der Waals surface area contributed by atoms with Crippen LogP contribution in [0, 0.1) is 0 Å². The molecule has 0 aromatic carbocycles. The van der Waals surface area contributed by atoms with Crippen LogP contribution in [0.1, 0.15) is 26.2 Å². The zero-order chi connectivity index (χ0) is 12.1. The van der Waals surface area contributed by atoms with Crippen molar-refractivity contribution in [3.63, 3.8) is 0 Å². The molecule has 4 N–H and O–H groups in total. The van der Waals surface area contributed by atoms with Crippen molar-refractivity contribution in [2.75, 3.05) is 13.1 Å². The fraction of sp³-hybridized carbons (Fsp3) is 0.800. The standard InChI is InChI=1S/C10H19N3O3/c1-2-8(9(14)15)12-10(16)13-5-3-4-7(11)6-13/h7-8H,2-6,11H2,1H3,(H,12,16)(H,14,15)/t7?,8-/m1/s1. The Morgan fingerprint density at radius 1 is 1.62 bits per heavy atom. The Labute approximate surface area is 94.8 Å². The Kier molecular flexibility index (Phi) is 4.54. The van der Waals surface area contributed by atoms with Gasteiger partial charge in [0.05, 0.1) is 0 Å². The maximum atomic E-state index is 11.7. The number of carbonyl (C=O) groups excluding carboxylic acids is 1. The average molecular weight is 229 g/mol. The Morgan fingerprint density at radius 3 is 2.81 bits per heavy atom. The van der Waals surface area contributed by atoms with E-state index >= 15 is 0 Å². The third-order valence-corrected chi connectivity index (χ3v) is 2.75. The first-order chi connectivity index (χ1) is 7.54. The van der Waals surface area contributed by atoms with E-state index in [4.69, 9.17) is 10.8 Å². The number of hydrogen-bond donors (Lipinski definition) is 3. The smallest absolute Gasteiger partial charge is 0.326 e. The van der Waals surface area contributed by atoms with E-state index in [1.54, 1.807) is 11.8 Å². The molecule has 2 atom stereocenters. The lowest BCUT2D eigenvalue weighted by molar-refractivity contribution is -0.139. The van der Waals surface area contributed by atoms with Crippen LogP contribution < -0.4 is 11.1 Å². The van der Waals surface area contributed by atoms with Gasteiger partial charge < -0.3 is 21.1 Å². The summed E-state index contributed by atoms with van der Waals surface area (Å²) in [5, 5.41) is 11.3. The number of carbonyl (C=O) groups is 2. The van der Waals surface area contributed by atoms with E-state index in [1.807, 2.05) is 0 Å². The maximum absolute atomic E-state index is 11.7. The maximum Gasteiger partial charge on any atom is 0.326 e. The number of piperidine rings is 1. The summed E-state index contributed by atoms with van der Waals surface area (Å²) in [7, 11) is 0. The van der Waals surface area contributed by atoms with Crippen molar-refractivity contribution in [1.29, 1.82) is 0 Å². The number of nitrogens with zero attached hydrogens (tertiary/aromatic N) is 1. The fourth-order valence-corrected chi connectivity index (χ4v) is 1.77. The number of nitrogens with one attached hydrogen (secondary N) is 1. The molecule has 1 heterocycles. The lowest BCUT2D eigenvalue weighted by Gasteiger charge is -2.31. The molecule has 1 fully saturated rings. The zero-order valence-electron chi connectivity index (χ0n) is 9.48. The molecule has 0 aliphatic carbocycles. The summed E-state index contributed by atoms with van der Waals surface area (Å²) >= 11 is 0. The third kappa shape index (κ3) is 3.37. The second-order valence-corrected chi connectivity index (χ2v) is 4.10. The number of aliphatic carboxylic acids is 1. The van der Waals surface area contributed by atoms with Crippen LogP contribution in [0.25, 0.3) is 0 Å². The lowest BCUT2D eigenvalue weighted by atomic mass is 10.1. The van der Waals surface area contributed by atoms with Crippen molar-refractivity contribution < 1.29 is 14.7 Å². The minimum Gasteiger partial charge on any atom is -0.480 e. The van der Waals surface area contributed by atoms with E-state index in [-0.39, 0.29) is 12.1 Å². The van der Waals surface area contributed by atoms with Crippen LogP contribution in [0.4, 0.5) is 4.79 Å². The van der Waals surface area contributed by atoms with Crippen molar-refractivity contribution in [1.82, 2.24) is 10.2 Å². The normalized spacial score (nSPS) is 22.6. The van der Waals surface area contributed by atoms with Gasteiger partial charge in [-0.2, -0.15) is 0 Å². The predicted octanol–water partition coefficient (Wildman–Crippen LogP) is -0.0177. The monoisotopic (exact) mass is 229 g/mol. The zero-order valence-corrected chi connectivity index (χ0v) is 9.48. The average Bonchev–Trinajstić information content (AvgIpc) is 2.25. The molecule has 0 spiro atoms. The second-order valence-electron chi connectivity index (χ2n) is 4.10. The van der Waals surface area contributed by atoms with Gasteiger partial charge in [0.25, 0.3) is 0 Å². The predicted molar refractivity (Wildman–Crippen MR) is 59.0 cm³/mol. The molecule has 6 heteroatoms. The minimum atomic E-state index is -1.00. The SMILES string of the molecule is CC[C@@H](NC(=O)N1CCCC(N)C1)C(=O)O. The number of carboxylic acid groups (broad SMARTS) is 1. The molecule has 0 aromatic heterocycles. The van der Waals surface area contributed by atoms with E-state index in [0.29, 0.717) is 19.5 Å². The van der Waals surface area contributed by atoms with E-state index in [9.17, 15) is 9.59 Å². The van der Waals surface area contributed by atoms with Crippen LogP contribution in [0.3, 0.4) is 0 Å². The van der Waals surface area contributed by atoms with E-state index in [2.05, 4.69) is 5.32 Å². The van der Waals surface area contributed by atoms with Gasteiger partial charge in [-0.3, -0.25) is 0 Å². The Hall–Kier alpha value is -1.30. The molecule has 6 nitrogen and oxygen atoms in total. The quantitative estimate of drug-likeness (QED) is 0.634. The van der Waals surface area contributed by atoms with Crippen molar-refractivity contribution >= 4 is 12.0 Å². The van der Waals surface area contributed by atoms with Crippen molar-refractivity contribution in [2.24, 2.45) is 5.73 Å². The highest BCUT2D eigenvalue weighted by atomic mass is 16.4. The van der Waals surface area contributed by atoms with Crippen LogP contribution in [-0.2, 0) is 4.79 Å². The number of rotatable bonds is 3.